The third-order valence-corrected chi connectivity index (χ3v) is 6.18. The molecule has 2 aromatic carbocycles. The zero-order chi connectivity index (χ0) is 22.7. The van der Waals surface area contributed by atoms with Crippen LogP contribution < -0.4 is 4.72 Å². The highest BCUT2D eigenvalue weighted by molar-refractivity contribution is 7.92. The second-order valence-corrected chi connectivity index (χ2v) is 8.84. The average molecular weight is 452 g/mol. The molecule has 0 fully saturated rings. The van der Waals surface area contributed by atoms with Crippen molar-refractivity contribution < 1.29 is 26.9 Å². The summed E-state index contributed by atoms with van der Waals surface area (Å²) in [4.78, 5) is 12.5. The lowest BCUT2D eigenvalue weighted by Gasteiger charge is -2.12. The van der Waals surface area contributed by atoms with Crippen LogP contribution in [0, 0.1) is 13.8 Å². The first-order chi connectivity index (χ1) is 15.3. The molecule has 9 heteroatoms. The van der Waals surface area contributed by atoms with Crippen molar-refractivity contribution in [3.63, 3.8) is 0 Å². The Hall–Kier alpha value is -3.85. The number of hydrogen-bond donors (Lipinski definition) is 1. The zero-order valence-electron chi connectivity index (χ0n) is 17.4. The number of benzene rings is 2. The number of esters is 1. The predicted octanol–water partition coefficient (Wildman–Crippen LogP) is 4.71. The lowest BCUT2D eigenvalue weighted by atomic mass is 10.1. The molecule has 0 radical (unpaired) electrons. The molecule has 1 N–H and O–H groups in total. The van der Waals surface area contributed by atoms with Gasteiger partial charge in [0.15, 0.2) is 5.76 Å². The lowest BCUT2D eigenvalue weighted by molar-refractivity contribution is 0.0464. The highest BCUT2D eigenvalue weighted by Gasteiger charge is 2.20. The Labute approximate surface area is 184 Å². The number of rotatable bonds is 7. The molecule has 32 heavy (non-hydrogen) atoms. The molecule has 2 heterocycles. The summed E-state index contributed by atoms with van der Waals surface area (Å²) in [5.74, 6) is 0.233. The monoisotopic (exact) mass is 452 g/mol. The molecule has 4 rings (SSSR count). The van der Waals surface area contributed by atoms with E-state index in [-0.39, 0.29) is 17.1 Å². The number of nitrogens with zero attached hydrogens (tertiary/aromatic N) is 1. The summed E-state index contributed by atoms with van der Waals surface area (Å²) in [6.07, 6.45) is 1.51. The van der Waals surface area contributed by atoms with Gasteiger partial charge >= 0.3 is 5.97 Å². The minimum absolute atomic E-state index is 0.00463. The number of ether oxygens (including phenoxy) is 1. The van der Waals surface area contributed by atoms with E-state index in [4.69, 9.17) is 13.7 Å². The molecule has 2 aromatic heterocycles. The van der Waals surface area contributed by atoms with E-state index in [1.165, 1.54) is 18.4 Å². The fraction of sp³-hybridized carbons (Fsp3) is 0.130. The Morgan fingerprint density at radius 3 is 2.62 bits per heavy atom. The summed E-state index contributed by atoms with van der Waals surface area (Å²) >= 11 is 0. The normalized spacial score (nSPS) is 11.3. The molecule has 0 saturated carbocycles. The topological polar surface area (TPSA) is 112 Å². The van der Waals surface area contributed by atoms with Gasteiger partial charge in [0.2, 0.25) is 5.76 Å². The maximum Gasteiger partial charge on any atom is 0.338 e. The second-order valence-electron chi connectivity index (χ2n) is 7.19. The van der Waals surface area contributed by atoms with Crippen LogP contribution in [0.25, 0.3) is 11.5 Å². The van der Waals surface area contributed by atoms with Crippen molar-refractivity contribution >= 4 is 21.7 Å². The van der Waals surface area contributed by atoms with Gasteiger partial charge in [-0.1, -0.05) is 23.4 Å². The second kappa shape index (κ2) is 8.72. The fourth-order valence-corrected chi connectivity index (χ4v) is 4.39. The molecule has 8 nitrogen and oxygen atoms in total. The van der Waals surface area contributed by atoms with E-state index in [2.05, 4.69) is 9.88 Å². The zero-order valence-corrected chi connectivity index (χ0v) is 18.2. The van der Waals surface area contributed by atoms with Gasteiger partial charge in [0, 0.05) is 11.8 Å². The van der Waals surface area contributed by atoms with Gasteiger partial charge in [-0.2, -0.15) is 0 Å². The lowest BCUT2D eigenvalue weighted by Crippen LogP contribution is -2.15. The number of carbonyl (C=O) groups excluding carboxylic acids is 1. The van der Waals surface area contributed by atoms with E-state index in [9.17, 15) is 13.2 Å². The Bertz CT molecular complexity index is 1360. The summed E-state index contributed by atoms with van der Waals surface area (Å²) in [5, 5.41) is 3.84. The summed E-state index contributed by atoms with van der Waals surface area (Å²) in [7, 11) is -3.90. The number of aromatic nitrogens is 1. The molecular weight excluding hydrogens is 432 g/mol. The SMILES string of the molecule is Cc1cccc(NS(=O)(=O)c2cc(C(=O)OCc3cc(-c4ccco4)on3)ccc2C)c1. The third-order valence-electron chi connectivity index (χ3n) is 4.66. The van der Waals surface area contributed by atoms with Gasteiger partial charge in [-0.3, -0.25) is 4.72 Å². The van der Waals surface area contributed by atoms with Gasteiger partial charge in [0.25, 0.3) is 10.0 Å². The summed E-state index contributed by atoms with van der Waals surface area (Å²) in [6.45, 7) is 3.39. The van der Waals surface area contributed by atoms with Crippen molar-refractivity contribution in [3.8, 4) is 11.5 Å². The van der Waals surface area contributed by atoms with E-state index in [1.807, 2.05) is 13.0 Å². The minimum Gasteiger partial charge on any atom is -0.461 e. The molecule has 0 atom stereocenters. The molecule has 4 aromatic rings. The van der Waals surface area contributed by atoms with Crippen molar-refractivity contribution in [2.45, 2.75) is 25.3 Å². The molecular formula is C23H20N2O6S. The summed E-state index contributed by atoms with van der Waals surface area (Å²) < 4.78 is 44.0. The summed E-state index contributed by atoms with van der Waals surface area (Å²) in [6, 6.07) is 16.4. The Kier molecular flexibility index (Phi) is 5.83. The number of nitrogens with one attached hydrogen (secondary N) is 1. The Balaban J connectivity index is 1.48. The first kappa shape index (κ1) is 21.4. The molecule has 0 spiro atoms. The fourth-order valence-electron chi connectivity index (χ4n) is 3.07. The van der Waals surface area contributed by atoms with E-state index >= 15 is 0 Å². The smallest absolute Gasteiger partial charge is 0.338 e. The van der Waals surface area contributed by atoms with Crippen LogP contribution >= 0.6 is 0 Å². The standard InChI is InChI=1S/C23H20N2O6S/c1-15-5-3-6-18(11-15)25-32(27,28)22-12-17(9-8-16(22)2)23(26)30-14-19-13-21(31-24-19)20-7-4-10-29-20/h3-13,25H,14H2,1-2H3. The Morgan fingerprint density at radius 2 is 1.88 bits per heavy atom. The largest absolute Gasteiger partial charge is 0.461 e. The number of sulfonamides is 1. The quantitative estimate of drug-likeness (QED) is 0.404. The molecule has 0 unspecified atom stereocenters. The third kappa shape index (κ3) is 4.73. The highest BCUT2D eigenvalue weighted by Crippen LogP contribution is 2.23. The van der Waals surface area contributed by atoms with E-state index in [1.54, 1.807) is 49.4 Å². The molecule has 0 aliphatic carbocycles. The number of furan rings is 1. The van der Waals surface area contributed by atoms with E-state index in [0.717, 1.165) is 5.56 Å². The number of hydrogen-bond acceptors (Lipinski definition) is 7. The Morgan fingerprint density at radius 1 is 1.03 bits per heavy atom. The maximum atomic E-state index is 12.9. The first-order valence-corrected chi connectivity index (χ1v) is 11.2. The van der Waals surface area contributed by atoms with Crippen LogP contribution in [0.15, 0.2) is 80.8 Å². The van der Waals surface area contributed by atoms with E-state index in [0.29, 0.717) is 28.5 Å². The number of anilines is 1. The van der Waals surface area contributed by atoms with Gasteiger partial charge < -0.3 is 13.7 Å². The van der Waals surface area contributed by atoms with Crippen molar-refractivity contribution in [1.29, 1.82) is 0 Å². The highest BCUT2D eigenvalue weighted by atomic mass is 32.2. The predicted molar refractivity (Wildman–Crippen MR) is 116 cm³/mol. The molecule has 0 bridgehead atoms. The van der Waals surface area contributed by atoms with Crippen LogP contribution in [0.4, 0.5) is 5.69 Å². The van der Waals surface area contributed by atoms with Gasteiger partial charge in [0.1, 0.15) is 12.3 Å². The molecule has 0 aliphatic heterocycles. The summed E-state index contributed by atoms with van der Waals surface area (Å²) in [5.41, 5.74) is 2.36. The van der Waals surface area contributed by atoms with Gasteiger partial charge in [0.05, 0.1) is 16.7 Å². The maximum absolute atomic E-state index is 12.9. The minimum atomic E-state index is -3.90. The van der Waals surface area contributed by atoms with Crippen LogP contribution in [0.5, 0.6) is 0 Å². The van der Waals surface area contributed by atoms with Crippen molar-refractivity contribution in [1.82, 2.24) is 5.16 Å². The molecule has 0 aliphatic rings. The van der Waals surface area contributed by atoms with Crippen LogP contribution in [0.3, 0.4) is 0 Å². The van der Waals surface area contributed by atoms with Crippen LogP contribution in [-0.2, 0) is 21.4 Å². The van der Waals surface area contributed by atoms with Crippen LogP contribution in [-0.4, -0.2) is 19.5 Å². The van der Waals surface area contributed by atoms with Crippen LogP contribution in [0.1, 0.15) is 27.2 Å². The molecule has 0 amide bonds. The molecule has 0 saturated heterocycles. The average Bonchev–Trinajstić information content (AvgIpc) is 3.44. The van der Waals surface area contributed by atoms with Gasteiger partial charge in [-0.05, 0) is 61.4 Å². The molecule has 164 valence electrons. The van der Waals surface area contributed by atoms with E-state index < -0.39 is 16.0 Å². The van der Waals surface area contributed by atoms with Crippen molar-refractivity contribution in [2.24, 2.45) is 0 Å². The first-order valence-electron chi connectivity index (χ1n) is 9.68. The van der Waals surface area contributed by atoms with Crippen molar-refractivity contribution in [2.75, 3.05) is 4.72 Å². The van der Waals surface area contributed by atoms with Crippen molar-refractivity contribution in [3.05, 3.63) is 89.3 Å². The van der Waals surface area contributed by atoms with Gasteiger partial charge in [-0.15, -0.1) is 0 Å². The van der Waals surface area contributed by atoms with Crippen LogP contribution in [0.2, 0.25) is 0 Å². The number of carbonyl (C=O) groups is 1. The number of aryl methyl sites for hydroxylation is 2. The van der Waals surface area contributed by atoms with Gasteiger partial charge in [-0.25, -0.2) is 13.2 Å².